The van der Waals surface area contributed by atoms with Crippen LogP contribution >= 0.6 is 11.6 Å². The van der Waals surface area contributed by atoms with Crippen LogP contribution in [0.2, 0.25) is 5.02 Å². The molecule has 0 unspecified atom stereocenters. The summed E-state index contributed by atoms with van der Waals surface area (Å²) in [6, 6.07) is 12.0. The lowest BCUT2D eigenvalue weighted by atomic mass is 9.95. The summed E-state index contributed by atoms with van der Waals surface area (Å²) in [7, 11) is 0.244. The number of aromatic hydroxyl groups is 1. The molecule has 0 atom stereocenters. The van der Waals surface area contributed by atoms with Crippen LogP contribution in [0.5, 0.6) is 28.7 Å². The molecule has 1 N–H and O–H groups in total. The molecule has 0 fully saturated rings. The summed E-state index contributed by atoms with van der Waals surface area (Å²) in [4.78, 5) is 0. The molecule has 0 aliphatic heterocycles. The van der Waals surface area contributed by atoms with Crippen molar-refractivity contribution in [2.45, 2.75) is 6.92 Å². The van der Waals surface area contributed by atoms with Crippen LogP contribution in [0.4, 0.5) is 0 Å². The quantitative estimate of drug-likeness (QED) is 0.475. The van der Waals surface area contributed by atoms with Crippen LogP contribution in [0.1, 0.15) is 5.56 Å². The number of aryl methyl sites for hydroxylation is 1. The maximum absolute atomic E-state index is 12.2. The molecule has 170 valence electrons. The smallest absolute Gasteiger partial charge is 0.306 e. The second-order valence-corrected chi connectivity index (χ2v) is 8.95. The molecule has 9 heteroatoms. The van der Waals surface area contributed by atoms with Crippen molar-refractivity contribution in [1.82, 2.24) is 0 Å². The van der Waals surface area contributed by atoms with Gasteiger partial charge in [-0.2, -0.15) is 8.42 Å². The molecule has 0 spiro atoms. The predicted octanol–water partition coefficient (Wildman–Crippen LogP) is 5.05. The Morgan fingerprint density at radius 3 is 1.94 bits per heavy atom. The highest BCUT2D eigenvalue weighted by Gasteiger charge is 2.30. The summed E-state index contributed by atoms with van der Waals surface area (Å²) >= 11 is 6.78. The van der Waals surface area contributed by atoms with E-state index in [2.05, 4.69) is 0 Å². The van der Waals surface area contributed by atoms with Gasteiger partial charge >= 0.3 is 10.1 Å². The summed E-state index contributed by atoms with van der Waals surface area (Å²) < 4.78 is 46.2. The van der Waals surface area contributed by atoms with Crippen LogP contribution in [0.25, 0.3) is 22.3 Å². The van der Waals surface area contributed by atoms with Crippen molar-refractivity contribution >= 4 is 21.7 Å². The van der Waals surface area contributed by atoms with Gasteiger partial charge in [0.15, 0.2) is 23.0 Å². The van der Waals surface area contributed by atoms with Gasteiger partial charge in [0.1, 0.15) is 5.75 Å². The SMILES string of the molecule is COc1cc(-c2c(OC)c(Cl)c(-c3ccc(C)cc3)c(OC)c2OS(C)(=O)=O)ccc1O. The van der Waals surface area contributed by atoms with Gasteiger partial charge in [0, 0.05) is 0 Å². The number of phenols is 1. The minimum absolute atomic E-state index is 0.0878. The molecule has 3 aromatic carbocycles. The van der Waals surface area contributed by atoms with Crippen molar-refractivity contribution in [3.8, 4) is 51.0 Å². The van der Waals surface area contributed by atoms with Crippen LogP contribution in [-0.4, -0.2) is 41.1 Å². The lowest BCUT2D eigenvalue weighted by molar-refractivity contribution is 0.373. The molecule has 0 saturated heterocycles. The van der Waals surface area contributed by atoms with Crippen LogP contribution in [-0.2, 0) is 10.1 Å². The Hall–Kier alpha value is -3.10. The van der Waals surface area contributed by atoms with E-state index in [0.29, 0.717) is 16.7 Å². The van der Waals surface area contributed by atoms with Crippen molar-refractivity contribution in [3.05, 3.63) is 53.1 Å². The maximum Gasteiger partial charge on any atom is 0.306 e. The molecule has 0 aliphatic carbocycles. The molecule has 3 aromatic rings. The van der Waals surface area contributed by atoms with Gasteiger partial charge < -0.3 is 23.5 Å². The number of hydrogen-bond acceptors (Lipinski definition) is 7. The number of phenolic OH excluding ortho intramolecular Hbond substituents is 1. The highest BCUT2D eigenvalue weighted by molar-refractivity contribution is 7.86. The Labute approximate surface area is 192 Å². The highest BCUT2D eigenvalue weighted by Crippen LogP contribution is 2.56. The summed E-state index contributed by atoms with van der Waals surface area (Å²) in [6.07, 6.45) is 0.931. The summed E-state index contributed by atoms with van der Waals surface area (Å²) in [6.45, 7) is 1.95. The monoisotopic (exact) mass is 478 g/mol. The Kier molecular flexibility index (Phi) is 6.76. The molecule has 0 amide bonds. The fourth-order valence-corrected chi connectivity index (χ4v) is 4.17. The molecule has 0 heterocycles. The Morgan fingerprint density at radius 1 is 0.812 bits per heavy atom. The zero-order chi connectivity index (χ0) is 23.6. The Morgan fingerprint density at radius 2 is 1.41 bits per heavy atom. The molecule has 0 saturated carbocycles. The largest absolute Gasteiger partial charge is 0.504 e. The number of rotatable bonds is 7. The summed E-state index contributed by atoms with van der Waals surface area (Å²) in [5, 5.41) is 10.2. The minimum Gasteiger partial charge on any atom is -0.504 e. The number of benzene rings is 3. The van der Waals surface area contributed by atoms with Crippen molar-refractivity contribution in [2.24, 2.45) is 0 Å². The number of methoxy groups -OCH3 is 3. The second kappa shape index (κ2) is 9.18. The first kappa shape index (κ1) is 23.6. The van der Waals surface area contributed by atoms with E-state index in [1.165, 1.54) is 33.5 Å². The Balaban J connectivity index is 2.48. The lowest BCUT2D eigenvalue weighted by Crippen LogP contribution is -2.10. The van der Waals surface area contributed by atoms with Crippen molar-refractivity contribution in [1.29, 1.82) is 0 Å². The van der Waals surface area contributed by atoms with E-state index in [9.17, 15) is 13.5 Å². The lowest BCUT2D eigenvalue weighted by Gasteiger charge is -2.22. The van der Waals surface area contributed by atoms with Crippen LogP contribution in [0.15, 0.2) is 42.5 Å². The van der Waals surface area contributed by atoms with Crippen molar-refractivity contribution < 1.29 is 31.9 Å². The van der Waals surface area contributed by atoms with Crippen molar-refractivity contribution in [2.75, 3.05) is 27.6 Å². The average molecular weight is 479 g/mol. The second-order valence-electron chi connectivity index (χ2n) is 7.00. The fraction of sp³-hybridized carbons (Fsp3) is 0.217. The zero-order valence-electron chi connectivity index (χ0n) is 18.2. The van der Waals surface area contributed by atoms with Gasteiger partial charge in [0.05, 0.1) is 43.7 Å². The standard InChI is InChI=1S/C23H23ClO7S/c1-13-6-8-14(9-7-13)18-20(24)21(29-3)19(15-10-11-16(25)17(12-15)28-2)23(22(18)30-4)31-32(5,26)27/h6-12,25H,1-5H3. The third-order valence-corrected chi connectivity index (χ3v) is 5.59. The van der Waals surface area contributed by atoms with E-state index in [1.54, 1.807) is 6.07 Å². The van der Waals surface area contributed by atoms with E-state index < -0.39 is 10.1 Å². The molecule has 0 aliphatic rings. The van der Waals surface area contributed by atoms with Gasteiger partial charge in [-0.15, -0.1) is 0 Å². The topological polar surface area (TPSA) is 91.3 Å². The van der Waals surface area contributed by atoms with Gasteiger partial charge in [-0.05, 0) is 30.2 Å². The van der Waals surface area contributed by atoms with Gasteiger partial charge in [-0.3, -0.25) is 0 Å². The molecular formula is C23H23ClO7S. The average Bonchev–Trinajstić information content (AvgIpc) is 2.74. The van der Waals surface area contributed by atoms with Crippen LogP contribution in [0.3, 0.4) is 0 Å². The van der Waals surface area contributed by atoms with E-state index in [-0.39, 0.29) is 39.3 Å². The molecule has 32 heavy (non-hydrogen) atoms. The minimum atomic E-state index is -3.97. The van der Waals surface area contributed by atoms with Gasteiger partial charge in [0.2, 0.25) is 0 Å². The number of hydrogen-bond donors (Lipinski definition) is 1. The van der Waals surface area contributed by atoms with E-state index >= 15 is 0 Å². The predicted molar refractivity (Wildman–Crippen MR) is 124 cm³/mol. The van der Waals surface area contributed by atoms with Gasteiger partial charge in [-0.25, -0.2) is 0 Å². The Bertz CT molecular complexity index is 1250. The first-order valence-electron chi connectivity index (χ1n) is 9.42. The van der Waals surface area contributed by atoms with Gasteiger partial charge in [-0.1, -0.05) is 47.5 Å². The van der Waals surface area contributed by atoms with Crippen LogP contribution in [0, 0.1) is 6.92 Å². The molecule has 0 radical (unpaired) electrons. The first-order valence-corrected chi connectivity index (χ1v) is 11.6. The molecule has 0 bridgehead atoms. The third-order valence-electron chi connectivity index (χ3n) is 4.76. The van der Waals surface area contributed by atoms with Crippen molar-refractivity contribution in [3.63, 3.8) is 0 Å². The molecular weight excluding hydrogens is 456 g/mol. The maximum atomic E-state index is 12.2. The summed E-state index contributed by atoms with van der Waals surface area (Å²) in [5.41, 5.74) is 2.80. The third kappa shape index (κ3) is 4.56. The zero-order valence-corrected chi connectivity index (χ0v) is 19.8. The first-order chi connectivity index (χ1) is 15.1. The summed E-state index contributed by atoms with van der Waals surface area (Å²) in [5.74, 6) is 0.281. The van der Waals surface area contributed by atoms with Gasteiger partial charge in [0.25, 0.3) is 0 Å². The van der Waals surface area contributed by atoms with E-state index in [4.69, 9.17) is 30.0 Å². The highest BCUT2D eigenvalue weighted by atomic mass is 35.5. The number of halogens is 1. The van der Waals surface area contributed by atoms with E-state index in [1.807, 2.05) is 31.2 Å². The fourth-order valence-electron chi connectivity index (χ4n) is 3.34. The number of ether oxygens (including phenoxy) is 3. The van der Waals surface area contributed by atoms with E-state index in [0.717, 1.165) is 11.8 Å². The molecule has 7 nitrogen and oxygen atoms in total. The molecule has 0 aromatic heterocycles. The molecule has 3 rings (SSSR count). The van der Waals surface area contributed by atoms with Crippen LogP contribution < -0.4 is 18.4 Å². The normalized spacial score (nSPS) is 11.2.